The topological polar surface area (TPSA) is 53.0 Å². The monoisotopic (exact) mass is 210 g/mol. The number of thioether (sulfide) groups is 1. The lowest BCUT2D eigenvalue weighted by atomic mass is 10.2. The summed E-state index contributed by atoms with van der Waals surface area (Å²) in [6, 6.07) is 3.97. The fourth-order valence-electron chi connectivity index (χ4n) is 0.992. The molecule has 1 aromatic heterocycles. The van der Waals surface area contributed by atoms with E-state index in [1.165, 1.54) is 11.8 Å². The van der Waals surface area contributed by atoms with Gasteiger partial charge in [-0.15, -0.1) is 0 Å². The van der Waals surface area contributed by atoms with Crippen LogP contribution in [-0.4, -0.2) is 22.5 Å². The van der Waals surface area contributed by atoms with Gasteiger partial charge in [0, 0.05) is 17.6 Å². The van der Waals surface area contributed by atoms with E-state index >= 15 is 0 Å². The molecule has 4 heteroatoms. The average Bonchev–Trinajstić information content (AvgIpc) is 2.15. The summed E-state index contributed by atoms with van der Waals surface area (Å²) in [4.78, 5) is 14.3. The molecular formula is C10H12NO2S-. The van der Waals surface area contributed by atoms with E-state index < -0.39 is 5.97 Å². The number of carbonyl (C=O) groups is 1. The van der Waals surface area contributed by atoms with Gasteiger partial charge in [0.15, 0.2) is 0 Å². The summed E-state index contributed by atoms with van der Waals surface area (Å²) in [6.45, 7) is 1.94. The third-order valence-corrected chi connectivity index (χ3v) is 2.66. The van der Waals surface area contributed by atoms with Crippen LogP contribution in [0.2, 0.25) is 0 Å². The number of rotatable bonds is 5. The molecule has 1 aromatic rings. The molecule has 14 heavy (non-hydrogen) atoms. The number of carboxylic acids is 1. The minimum absolute atomic E-state index is 0.0687. The van der Waals surface area contributed by atoms with Crippen LogP contribution < -0.4 is 5.11 Å². The highest BCUT2D eigenvalue weighted by Gasteiger charge is 1.94. The van der Waals surface area contributed by atoms with E-state index in [0.29, 0.717) is 0 Å². The van der Waals surface area contributed by atoms with Gasteiger partial charge in [-0.05, 0) is 30.7 Å². The van der Waals surface area contributed by atoms with Crippen molar-refractivity contribution in [2.75, 3.05) is 11.5 Å². The smallest absolute Gasteiger partial charge is 0.0513 e. The molecule has 0 atom stereocenters. The van der Waals surface area contributed by atoms with E-state index in [4.69, 9.17) is 0 Å². The second kappa shape index (κ2) is 5.65. The van der Waals surface area contributed by atoms with Gasteiger partial charge in [-0.3, -0.25) is 4.98 Å². The number of aliphatic carboxylic acids is 1. The summed E-state index contributed by atoms with van der Waals surface area (Å²) < 4.78 is 0. The molecule has 0 aliphatic heterocycles. The molecule has 1 heterocycles. The maximum absolute atomic E-state index is 10.1. The number of aryl methyl sites for hydroxylation is 2. The standard InChI is InChI=1S/C10H13NO2S/c1-8-2-3-9(6-11-8)4-5-14-7-10(12)13/h2-3,6H,4-5,7H2,1H3,(H,12,13)/p-1. The summed E-state index contributed by atoms with van der Waals surface area (Å²) >= 11 is 1.37. The minimum Gasteiger partial charge on any atom is -0.549 e. The van der Waals surface area contributed by atoms with Crippen molar-refractivity contribution >= 4 is 17.7 Å². The van der Waals surface area contributed by atoms with E-state index in [2.05, 4.69) is 4.98 Å². The van der Waals surface area contributed by atoms with Crippen LogP contribution in [0.25, 0.3) is 0 Å². The highest BCUT2D eigenvalue weighted by molar-refractivity contribution is 7.99. The lowest BCUT2D eigenvalue weighted by Crippen LogP contribution is -2.24. The number of nitrogens with zero attached hydrogens (tertiary/aromatic N) is 1. The van der Waals surface area contributed by atoms with Crippen LogP contribution in [0.3, 0.4) is 0 Å². The van der Waals surface area contributed by atoms with Crippen LogP contribution in [0.4, 0.5) is 0 Å². The molecule has 0 unspecified atom stereocenters. The largest absolute Gasteiger partial charge is 0.549 e. The molecule has 0 spiro atoms. The van der Waals surface area contributed by atoms with Crippen molar-refractivity contribution in [1.82, 2.24) is 4.98 Å². The zero-order chi connectivity index (χ0) is 10.4. The molecule has 76 valence electrons. The number of aromatic nitrogens is 1. The summed E-state index contributed by atoms with van der Waals surface area (Å²) in [7, 11) is 0. The van der Waals surface area contributed by atoms with Gasteiger partial charge >= 0.3 is 0 Å². The van der Waals surface area contributed by atoms with Crippen molar-refractivity contribution in [3.05, 3.63) is 29.6 Å². The van der Waals surface area contributed by atoms with E-state index in [1.54, 1.807) is 0 Å². The molecule has 0 saturated heterocycles. The van der Waals surface area contributed by atoms with Gasteiger partial charge in [-0.1, -0.05) is 6.07 Å². The van der Waals surface area contributed by atoms with E-state index in [0.717, 1.165) is 23.4 Å². The van der Waals surface area contributed by atoms with Crippen LogP contribution >= 0.6 is 11.8 Å². The summed E-state index contributed by atoms with van der Waals surface area (Å²) in [5.41, 5.74) is 2.14. The van der Waals surface area contributed by atoms with Gasteiger partial charge in [0.25, 0.3) is 0 Å². The maximum atomic E-state index is 10.1. The number of carbonyl (C=O) groups excluding carboxylic acids is 1. The first-order valence-corrected chi connectivity index (χ1v) is 5.53. The number of carboxylic acid groups (broad SMARTS) is 1. The Balaban J connectivity index is 2.25. The Morgan fingerprint density at radius 2 is 2.36 bits per heavy atom. The zero-order valence-electron chi connectivity index (χ0n) is 8.03. The Morgan fingerprint density at radius 3 is 2.93 bits per heavy atom. The molecule has 0 aliphatic carbocycles. The first kappa shape index (κ1) is 11.0. The molecule has 3 nitrogen and oxygen atoms in total. The van der Waals surface area contributed by atoms with Crippen LogP contribution in [0.5, 0.6) is 0 Å². The third kappa shape index (κ3) is 4.28. The Labute approximate surface area is 87.6 Å². The minimum atomic E-state index is -1.00. The quantitative estimate of drug-likeness (QED) is 0.661. The fraction of sp³-hybridized carbons (Fsp3) is 0.400. The Hall–Kier alpha value is -1.03. The first-order valence-electron chi connectivity index (χ1n) is 4.37. The SMILES string of the molecule is Cc1ccc(CCSCC(=O)[O-])cn1. The molecule has 0 aliphatic rings. The van der Waals surface area contributed by atoms with E-state index in [-0.39, 0.29) is 5.75 Å². The molecule has 0 radical (unpaired) electrons. The summed E-state index contributed by atoms with van der Waals surface area (Å²) in [5.74, 6) is -0.144. The molecular weight excluding hydrogens is 198 g/mol. The van der Waals surface area contributed by atoms with Crippen molar-refractivity contribution in [2.24, 2.45) is 0 Å². The molecule has 0 saturated carbocycles. The molecule has 0 bridgehead atoms. The van der Waals surface area contributed by atoms with Crippen molar-refractivity contribution in [1.29, 1.82) is 0 Å². The van der Waals surface area contributed by atoms with Gasteiger partial charge in [-0.25, -0.2) is 0 Å². The van der Waals surface area contributed by atoms with Gasteiger partial charge in [0.2, 0.25) is 0 Å². The summed E-state index contributed by atoms with van der Waals surface area (Å²) in [5, 5.41) is 10.1. The number of pyridine rings is 1. The van der Waals surface area contributed by atoms with Crippen LogP contribution in [0, 0.1) is 6.92 Å². The van der Waals surface area contributed by atoms with Gasteiger partial charge in [0.05, 0.1) is 5.97 Å². The van der Waals surface area contributed by atoms with Crippen molar-refractivity contribution < 1.29 is 9.90 Å². The summed E-state index contributed by atoms with van der Waals surface area (Å²) in [6.07, 6.45) is 2.68. The average molecular weight is 210 g/mol. The molecule has 0 fully saturated rings. The Kier molecular flexibility index (Phi) is 4.46. The van der Waals surface area contributed by atoms with E-state index in [1.807, 2.05) is 25.3 Å². The fourth-order valence-corrected chi connectivity index (χ4v) is 1.68. The predicted octanol–water partition coefficient (Wildman–Crippen LogP) is 0.416. The van der Waals surface area contributed by atoms with Crippen molar-refractivity contribution in [2.45, 2.75) is 13.3 Å². The molecule has 0 N–H and O–H groups in total. The first-order chi connectivity index (χ1) is 6.68. The number of hydrogen-bond donors (Lipinski definition) is 0. The van der Waals surface area contributed by atoms with Crippen LogP contribution in [0.1, 0.15) is 11.3 Å². The number of hydrogen-bond acceptors (Lipinski definition) is 4. The third-order valence-electron chi connectivity index (χ3n) is 1.73. The lowest BCUT2D eigenvalue weighted by Gasteiger charge is -2.02. The van der Waals surface area contributed by atoms with Crippen LogP contribution in [-0.2, 0) is 11.2 Å². The highest BCUT2D eigenvalue weighted by Crippen LogP contribution is 2.06. The second-order valence-electron chi connectivity index (χ2n) is 2.98. The van der Waals surface area contributed by atoms with Gasteiger partial charge in [-0.2, -0.15) is 11.8 Å². The Morgan fingerprint density at radius 1 is 1.57 bits per heavy atom. The molecule has 0 amide bonds. The van der Waals surface area contributed by atoms with Gasteiger partial charge < -0.3 is 9.90 Å². The van der Waals surface area contributed by atoms with Gasteiger partial charge in [0.1, 0.15) is 0 Å². The molecule has 0 aromatic carbocycles. The van der Waals surface area contributed by atoms with Crippen molar-refractivity contribution in [3.63, 3.8) is 0 Å². The van der Waals surface area contributed by atoms with Crippen LogP contribution in [0.15, 0.2) is 18.3 Å². The maximum Gasteiger partial charge on any atom is 0.0513 e. The zero-order valence-corrected chi connectivity index (χ0v) is 8.84. The normalized spacial score (nSPS) is 10.1. The lowest BCUT2D eigenvalue weighted by molar-refractivity contribution is -0.301. The molecule has 1 rings (SSSR count). The second-order valence-corrected chi connectivity index (χ2v) is 4.09. The van der Waals surface area contributed by atoms with E-state index in [9.17, 15) is 9.90 Å². The van der Waals surface area contributed by atoms with Crippen molar-refractivity contribution in [3.8, 4) is 0 Å². The Bertz CT molecular complexity index is 297. The highest BCUT2D eigenvalue weighted by atomic mass is 32.2. The predicted molar refractivity (Wildman–Crippen MR) is 55.0 cm³/mol.